The molecule has 1 heterocycles. The second-order valence-electron chi connectivity index (χ2n) is 7.17. The minimum Gasteiger partial charge on any atom is -0.449 e. The topological polar surface area (TPSA) is 84.5 Å². The Bertz CT molecular complexity index is 866. The minimum absolute atomic E-state index is 0.480. The van der Waals surface area contributed by atoms with Gasteiger partial charge >= 0.3 is 12.0 Å². The summed E-state index contributed by atoms with van der Waals surface area (Å²) in [5.74, 6) is -1.35. The van der Waals surface area contributed by atoms with Gasteiger partial charge in [-0.05, 0) is 51.5 Å². The van der Waals surface area contributed by atoms with Crippen molar-refractivity contribution >= 4 is 35.3 Å². The number of nitrogens with one attached hydrogen (secondary N) is 2. The Balaban J connectivity index is 1.87. The van der Waals surface area contributed by atoms with Crippen molar-refractivity contribution < 1.29 is 19.1 Å². The lowest BCUT2D eigenvalue weighted by Crippen LogP contribution is -2.50. The van der Waals surface area contributed by atoms with E-state index in [-0.39, 0.29) is 0 Å². The van der Waals surface area contributed by atoms with E-state index in [1.165, 1.54) is 13.0 Å². The molecule has 0 radical (unpaired) electrons. The van der Waals surface area contributed by atoms with E-state index in [2.05, 4.69) is 10.6 Å². The number of amides is 3. The molecule has 0 fully saturated rings. The fourth-order valence-corrected chi connectivity index (χ4v) is 3.12. The van der Waals surface area contributed by atoms with E-state index in [1.54, 1.807) is 38.2 Å². The largest absolute Gasteiger partial charge is 0.449 e. The Morgan fingerprint density at radius 2 is 1.75 bits per heavy atom. The summed E-state index contributed by atoms with van der Waals surface area (Å²) in [6.45, 7) is 6.78. The third-order valence-electron chi connectivity index (χ3n) is 3.46. The van der Waals surface area contributed by atoms with E-state index < -0.39 is 29.6 Å². The van der Waals surface area contributed by atoms with Crippen LogP contribution in [-0.4, -0.2) is 29.6 Å². The Morgan fingerprint density at radius 3 is 2.39 bits per heavy atom. The van der Waals surface area contributed by atoms with Gasteiger partial charge in [0.1, 0.15) is 0 Å². The first kappa shape index (κ1) is 21.4. The zero-order chi connectivity index (χ0) is 20.7. The molecule has 2 rings (SSSR count). The normalized spacial score (nSPS) is 12.4. The van der Waals surface area contributed by atoms with Gasteiger partial charge in [0.05, 0.1) is 0 Å². The van der Waals surface area contributed by atoms with Crippen molar-refractivity contribution in [3.05, 3.63) is 53.4 Å². The average molecular weight is 401 g/mol. The van der Waals surface area contributed by atoms with Crippen molar-refractivity contribution in [1.82, 2.24) is 10.6 Å². The number of esters is 1. The molecule has 0 aliphatic rings. The third kappa shape index (κ3) is 7.00. The molecule has 2 N–H and O–H groups in total. The average Bonchev–Trinajstić information content (AvgIpc) is 3.08. The predicted molar refractivity (Wildman–Crippen MR) is 111 cm³/mol. The van der Waals surface area contributed by atoms with E-state index in [1.807, 2.05) is 42.5 Å². The van der Waals surface area contributed by atoms with Gasteiger partial charge in [-0.1, -0.05) is 30.3 Å². The molecule has 1 atom stereocenters. The molecular weight excluding hydrogens is 376 g/mol. The number of carbonyl (C=O) groups excluding carboxylic acids is 3. The maximum atomic E-state index is 11.9. The molecule has 28 heavy (non-hydrogen) atoms. The number of hydrogen-bond acceptors (Lipinski definition) is 5. The van der Waals surface area contributed by atoms with Crippen LogP contribution >= 0.6 is 11.3 Å². The molecule has 1 aromatic heterocycles. The molecule has 0 saturated heterocycles. The van der Waals surface area contributed by atoms with Crippen LogP contribution in [0.1, 0.15) is 32.6 Å². The fourth-order valence-electron chi connectivity index (χ4n) is 2.20. The molecule has 6 nitrogen and oxygen atoms in total. The number of urea groups is 1. The van der Waals surface area contributed by atoms with Crippen molar-refractivity contribution in [3.63, 3.8) is 0 Å². The first-order valence-electron chi connectivity index (χ1n) is 8.81. The van der Waals surface area contributed by atoms with Gasteiger partial charge < -0.3 is 10.1 Å². The predicted octanol–water partition coefficient (Wildman–Crippen LogP) is 3.98. The highest BCUT2D eigenvalue weighted by molar-refractivity contribution is 7.16. The van der Waals surface area contributed by atoms with E-state index in [4.69, 9.17) is 4.74 Å². The van der Waals surface area contributed by atoms with E-state index in [0.29, 0.717) is 0 Å². The quantitative estimate of drug-likeness (QED) is 0.587. The van der Waals surface area contributed by atoms with Crippen LogP contribution in [0.5, 0.6) is 0 Å². The molecule has 0 aliphatic heterocycles. The van der Waals surface area contributed by atoms with Crippen molar-refractivity contribution in [2.75, 3.05) is 0 Å². The lowest BCUT2D eigenvalue weighted by molar-refractivity contribution is -0.149. The number of hydrogen-bond donors (Lipinski definition) is 2. The summed E-state index contributed by atoms with van der Waals surface area (Å²) in [6, 6.07) is 13.2. The molecule has 1 unspecified atom stereocenters. The first-order chi connectivity index (χ1) is 13.1. The van der Waals surface area contributed by atoms with Gasteiger partial charge in [-0.3, -0.25) is 10.1 Å². The summed E-state index contributed by atoms with van der Waals surface area (Å²) in [6.07, 6.45) is 1.81. The Morgan fingerprint density at radius 1 is 1.07 bits per heavy atom. The number of thiophene rings is 1. The van der Waals surface area contributed by atoms with Crippen LogP contribution in [-0.2, 0) is 14.3 Å². The maximum Gasteiger partial charge on any atom is 0.331 e. The monoisotopic (exact) mass is 400 g/mol. The standard InChI is InChI=1S/C21H24N2O4S/c1-14(19(25)22-20(26)23-21(2,3)4)27-18(24)13-11-16-10-12-17(28-16)15-8-6-5-7-9-15/h5-14H,1-4H3,(H2,22,23,25,26)/b13-11+. The van der Waals surface area contributed by atoms with Crippen molar-refractivity contribution in [1.29, 1.82) is 0 Å². The van der Waals surface area contributed by atoms with Gasteiger partial charge in [0, 0.05) is 21.4 Å². The lowest BCUT2D eigenvalue weighted by atomic mass is 10.1. The van der Waals surface area contributed by atoms with Crippen LogP contribution in [0.2, 0.25) is 0 Å². The highest BCUT2D eigenvalue weighted by Crippen LogP contribution is 2.28. The number of rotatable bonds is 5. The molecule has 0 aliphatic carbocycles. The van der Waals surface area contributed by atoms with Crippen LogP contribution in [0.4, 0.5) is 4.79 Å². The molecule has 3 amide bonds. The summed E-state index contributed by atoms with van der Waals surface area (Å²) in [4.78, 5) is 37.5. The van der Waals surface area contributed by atoms with Crippen molar-refractivity contribution in [2.24, 2.45) is 0 Å². The van der Waals surface area contributed by atoms with E-state index in [0.717, 1.165) is 15.3 Å². The minimum atomic E-state index is -1.09. The summed E-state index contributed by atoms with van der Waals surface area (Å²) in [5.41, 5.74) is 0.625. The van der Waals surface area contributed by atoms with Crippen molar-refractivity contribution in [2.45, 2.75) is 39.3 Å². The summed E-state index contributed by atoms with van der Waals surface area (Å²) < 4.78 is 5.04. The van der Waals surface area contributed by atoms with Crippen LogP contribution in [0.15, 0.2) is 48.5 Å². The molecule has 7 heteroatoms. The highest BCUT2D eigenvalue weighted by Gasteiger charge is 2.21. The molecule has 2 aromatic rings. The Labute approximate surface area is 168 Å². The van der Waals surface area contributed by atoms with Gasteiger partial charge in [-0.2, -0.15) is 0 Å². The molecule has 148 valence electrons. The van der Waals surface area contributed by atoms with Crippen LogP contribution in [0.3, 0.4) is 0 Å². The molecular formula is C21H24N2O4S. The van der Waals surface area contributed by atoms with Gasteiger partial charge in [-0.15, -0.1) is 11.3 Å². The SMILES string of the molecule is CC(OC(=O)/C=C/c1ccc(-c2ccccc2)s1)C(=O)NC(=O)NC(C)(C)C. The zero-order valence-corrected chi connectivity index (χ0v) is 17.1. The van der Waals surface area contributed by atoms with Gasteiger partial charge in [0.25, 0.3) is 5.91 Å². The lowest BCUT2D eigenvalue weighted by Gasteiger charge is -2.21. The van der Waals surface area contributed by atoms with E-state index >= 15 is 0 Å². The second-order valence-corrected chi connectivity index (χ2v) is 8.29. The Kier molecular flexibility index (Phi) is 7.12. The smallest absolute Gasteiger partial charge is 0.331 e. The van der Waals surface area contributed by atoms with Crippen LogP contribution in [0.25, 0.3) is 16.5 Å². The zero-order valence-electron chi connectivity index (χ0n) is 16.3. The first-order valence-corrected chi connectivity index (χ1v) is 9.63. The molecule has 0 bridgehead atoms. The van der Waals surface area contributed by atoms with E-state index in [9.17, 15) is 14.4 Å². The molecule has 0 spiro atoms. The van der Waals surface area contributed by atoms with Crippen LogP contribution < -0.4 is 10.6 Å². The third-order valence-corrected chi connectivity index (χ3v) is 4.56. The number of imide groups is 1. The number of carbonyl (C=O) groups is 3. The summed E-state index contributed by atoms with van der Waals surface area (Å²) in [5, 5.41) is 4.75. The summed E-state index contributed by atoms with van der Waals surface area (Å²) >= 11 is 1.54. The van der Waals surface area contributed by atoms with Crippen LogP contribution in [0, 0.1) is 0 Å². The molecule has 1 aromatic carbocycles. The Hall–Kier alpha value is -2.93. The van der Waals surface area contributed by atoms with Gasteiger partial charge in [-0.25, -0.2) is 9.59 Å². The van der Waals surface area contributed by atoms with Crippen molar-refractivity contribution in [3.8, 4) is 10.4 Å². The number of benzene rings is 1. The molecule has 0 saturated carbocycles. The highest BCUT2D eigenvalue weighted by atomic mass is 32.1. The van der Waals surface area contributed by atoms with Gasteiger partial charge in [0.2, 0.25) is 0 Å². The maximum absolute atomic E-state index is 11.9. The van der Waals surface area contributed by atoms with Gasteiger partial charge in [0.15, 0.2) is 6.10 Å². The number of ether oxygens (including phenoxy) is 1. The summed E-state index contributed by atoms with van der Waals surface area (Å²) in [7, 11) is 0. The second kappa shape index (κ2) is 9.32. The fraction of sp³-hybridized carbons (Fsp3) is 0.286.